The van der Waals surface area contributed by atoms with E-state index in [9.17, 15) is 10.1 Å². The van der Waals surface area contributed by atoms with Gasteiger partial charge in [-0.1, -0.05) is 13.3 Å². The molecule has 0 aliphatic carbocycles. The fourth-order valence-electron chi connectivity index (χ4n) is 2.44. The molecule has 0 bridgehead atoms. The lowest BCUT2D eigenvalue weighted by Gasteiger charge is -2.34. The fraction of sp³-hybridized carbons (Fsp3) is 0.500. The summed E-state index contributed by atoms with van der Waals surface area (Å²) < 4.78 is 5.65. The number of hydrogen-bond donors (Lipinski definition) is 0. The molecule has 1 atom stereocenters. The maximum atomic E-state index is 11.2. The third kappa shape index (κ3) is 3.06. The molecule has 0 spiro atoms. The number of ether oxygens (including phenoxy) is 1. The van der Waals surface area contributed by atoms with Gasteiger partial charge >= 0.3 is 0 Å². The Hall–Kier alpha value is -2.13. The van der Waals surface area contributed by atoms with E-state index in [4.69, 9.17) is 10.00 Å². The number of morpholine rings is 1. The van der Waals surface area contributed by atoms with Crippen molar-refractivity contribution in [2.45, 2.75) is 25.9 Å². The average molecular weight is 275 g/mol. The zero-order valence-electron chi connectivity index (χ0n) is 11.4. The number of nitro benzene ring substituents is 1. The van der Waals surface area contributed by atoms with Crippen molar-refractivity contribution in [1.29, 1.82) is 5.26 Å². The molecule has 1 aliphatic rings. The van der Waals surface area contributed by atoms with Crippen molar-refractivity contribution in [3.63, 3.8) is 0 Å². The van der Waals surface area contributed by atoms with Gasteiger partial charge in [-0.15, -0.1) is 0 Å². The second-order valence-electron chi connectivity index (χ2n) is 4.80. The van der Waals surface area contributed by atoms with E-state index in [2.05, 4.69) is 6.92 Å². The van der Waals surface area contributed by atoms with Gasteiger partial charge in [0.1, 0.15) is 5.69 Å². The van der Waals surface area contributed by atoms with Crippen LogP contribution in [0.2, 0.25) is 0 Å². The van der Waals surface area contributed by atoms with Crippen molar-refractivity contribution in [1.82, 2.24) is 0 Å². The zero-order valence-corrected chi connectivity index (χ0v) is 11.4. The van der Waals surface area contributed by atoms with Gasteiger partial charge in [-0.05, 0) is 18.6 Å². The second kappa shape index (κ2) is 6.35. The maximum absolute atomic E-state index is 11.2. The van der Waals surface area contributed by atoms with Crippen LogP contribution in [-0.2, 0) is 4.74 Å². The van der Waals surface area contributed by atoms with Crippen LogP contribution in [0.25, 0.3) is 0 Å². The molecule has 1 aliphatic heterocycles. The summed E-state index contributed by atoms with van der Waals surface area (Å²) in [5.41, 5.74) is 0.860. The highest BCUT2D eigenvalue weighted by molar-refractivity contribution is 5.65. The molecule has 20 heavy (non-hydrogen) atoms. The highest BCUT2D eigenvalue weighted by Gasteiger charge is 2.25. The molecule has 1 unspecified atom stereocenters. The van der Waals surface area contributed by atoms with Crippen LogP contribution in [0.15, 0.2) is 18.2 Å². The van der Waals surface area contributed by atoms with Crippen LogP contribution in [-0.4, -0.2) is 30.7 Å². The highest BCUT2D eigenvalue weighted by atomic mass is 16.6. The smallest absolute Gasteiger partial charge is 0.293 e. The van der Waals surface area contributed by atoms with Gasteiger partial charge in [0.25, 0.3) is 5.69 Å². The summed E-state index contributed by atoms with van der Waals surface area (Å²) in [5, 5.41) is 20.0. The van der Waals surface area contributed by atoms with Crippen LogP contribution in [0, 0.1) is 21.4 Å². The van der Waals surface area contributed by atoms with E-state index in [1.807, 2.05) is 11.0 Å². The van der Waals surface area contributed by atoms with Gasteiger partial charge in [0.15, 0.2) is 0 Å². The Kier molecular flexibility index (Phi) is 4.53. The summed E-state index contributed by atoms with van der Waals surface area (Å²) in [6.07, 6.45) is 2.08. The Morgan fingerprint density at radius 2 is 2.40 bits per heavy atom. The standard InChI is InChI=1S/C14H17N3O3/c1-2-3-12-10-16(6-7-20-12)13-5-4-11(9-15)8-14(13)17(18)19/h4-5,8,12H,2-3,6-7,10H2,1H3. The average Bonchev–Trinajstić information content (AvgIpc) is 2.47. The first-order valence-corrected chi connectivity index (χ1v) is 6.70. The monoisotopic (exact) mass is 275 g/mol. The molecular weight excluding hydrogens is 258 g/mol. The molecule has 0 radical (unpaired) electrons. The van der Waals surface area contributed by atoms with Gasteiger partial charge in [-0.3, -0.25) is 10.1 Å². The normalized spacial score (nSPS) is 18.6. The van der Waals surface area contributed by atoms with E-state index in [0.29, 0.717) is 30.9 Å². The van der Waals surface area contributed by atoms with E-state index < -0.39 is 4.92 Å². The summed E-state index contributed by atoms with van der Waals surface area (Å²) in [6.45, 7) is 3.95. The van der Waals surface area contributed by atoms with Crippen LogP contribution in [0.4, 0.5) is 11.4 Å². The molecule has 1 fully saturated rings. The molecule has 106 valence electrons. The van der Waals surface area contributed by atoms with Gasteiger partial charge < -0.3 is 9.64 Å². The molecule has 0 saturated carbocycles. The molecule has 1 heterocycles. The number of nitrogens with zero attached hydrogens (tertiary/aromatic N) is 3. The van der Waals surface area contributed by atoms with Crippen LogP contribution in [0.5, 0.6) is 0 Å². The Morgan fingerprint density at radius 1 is 1.60 bits per heavy atom. The van der Waals surface area contributed by atoms with Gasteiger partial charge in [0, 0.05) is 19.2 Å². The van der Waals surface area contributed by atoms with Crippen molar-refractivity contribution in [3.05, 3.63) is 33.9 Å². The number of anilines is 1. The summed E-state index contributed by atoms with van der Waals surface area (Å²) in [4.78, 5) is 12.7. The van der Waals surface area contributed by atoms with Crippen molar-refractivity contribution >= 4 is 11.4 Å². The van der Waals surface area contributed by atoms with Gasteiger partial charge in [-0.2, -0.15) is 5.26 Å². The molecule has 1 aromatic rings. The van der Waals surface area contributed by atoms with Crippen LogP contribution < -0.4 is 4.90 Å². The minimum atomic E-state index is -0.430. The van der Waals surface area contributed by atoms with E-state index in [1.165, 1.54) is 6.07 Å². The molecule has 6 heteroatoms. The summed E-state index contributed by atoms with van der Waals surface area (Å²) in [7, 11) is 0. The van der Waals surface area contributed by atoms with Gasteiger partial charge in [0.05, 0.1) is 29.3 Å². The molecule has 1 aromatic carbocycles. The minimum absolute atomic E-state index is 0.0128. The maximum Gasteiger partial charge on any atom is 0.293 e. The van der Waals surface area contributed by atoms with Crippen molar-refractivity contribution in [3.8, 4) is 6.07 Å². The third-order valence-electron chi connectivity index (χ3n) is 3.39. The molecule has 6 nitrogen and oxygen atoms in total. The lowest BCUT2D eigenvalue weighted by molar-refractivity contribution is -0.384. The first kappa shape index (κ1) is 14.3. The Balaban J connectivity index is 2.27. The van der Waals surface area contributed by atoms with E-state index in [1.54, 1.807) is 12.1 Å². The fourth-order valence-corrected chi connectivity index (χ4v) is 2.44. The van der Waals surface area contributed by atoms with Crippen LogP contribution in [0.1, 0.15) is 25.3 Å². The first-order chi connectivity index (χ1) is 9.65. The third-order valence-corrected chi connectivity index (χ3v) is 3.39. The van der Waals surface area contributed by atoms with Gasteiger partial charge in [0.2, 0.25) is 0 Å². The van der Waals surface area contributed by atoms with E-state index >= 15 is 0 Å². The van der Waals surface area contributed by atoms with Crippen molar-refractivity contribution < 1.29 is 9.66 Å². The number of nitriles is 1. The molecule has 1 saturated heterocycles. The van der Waals surface area contributed by atoms with E-state index in [-0.39, 0.29) is 11.8 Å². The number of nitro groups is 1. The topological polar surface area (TPSA) is 79.4 Å². The minimum Gasteiger partial charge on any atom is -0.375 e. The quantitative estimate of drug-likeness (QED) is 0.623. The van der Waals surface area contributed by atoms with Crippen molar-refractivity contribution in [2.75, 3.05) is 24.6 Å². The number of benzene rings is 1. The van der Waals surface area contributed by atoms with E-state index in [0.717, 1.165) is 12.8 Å². The van der Waals surface area contributed by atoms with Gasteiger partial charge in [-0.25, -0.2) is 0 Å². The Morgan fingerprint density at radius 3 is 3.05 bits per heavy atom. The molecular formula is C14H17N3O3. The Labute approximate surface area is 117 Å². The molecule has 0 N–H and O–H groups in total. The lowest BCUT2D eigenvalue weighted by Crippen LogP contribution is -2.42. The molecule has 0 amide bonds. The highest BCUT2D eigenvalue weighted by Crippen LogP contribution is 2.30. The molecule has 0 aromatic heterocycles. The SMILES string of the molecule is CCCC1CN(c2ccc(C#N)cc2[N+](=O)[O-])CCO1. The lowest BCUT2D eigenvalue weighted by atomic mass is 10.1. The number of hydrogen-bond acceptors (Lipinski definition) is 5. The number of rotatable bonds is 4. The Bertz CT molecular complexity index is 537. The van der Waals surface area contributed by atoms with Crippen molar-refractivity contribution in [2.24, 2.45) is 0 Å². The summed E-state index contributed by atoms with van der Waals surface area (Å²) >= 11 is 0. The second-order valence-corrected chi connectivity index (χ2v) is 4.80. The van der Waals surface area contributed by atoms with Crippen LogP contribution in [0.3, 0.4) is 0 Å². The zero-order chi connectivity index (χ0) is 14.5. The van der Waals surface area contributed by atoms with Crippen LogP contribution >= 0.6 is 0 Å². The predicted octanol–water partition coefficient (Wildman–Crippen LogP) is 2.47. The largest absolute Gasteiger partial charge is 0.375 e. The molecule has 2 rings (SSSR count). The summed E-state index contributed by atoms with van der Waals surface area (Å²) in [5.74, 6) is 0. The predicted molar refractivity (Wildman–Crippen MR) is 74.7 cm³/mol. The first-order valence-electron chi connectivity index (χ1n) is 6.70. The summed E-state index contributed by atoms with van der Waals surface area (Å²) in [6, 6.07) is 6.54.